The van der Waals surface area contributed by atoms with Crippen LogP contribution in [0.1, 0.15) is 29.2 Å². The number of nitrogens with zero attached hydrogens (tertiary/aromatic N) is 3. The second kappa shape index (κ2) is 5.66. The van der Waals surface area contributed by atoms with E-state index < -0.39 is 0 Å². The molecule has 0 aliphatic heterocycles. The van der Waals surface area contributed by atoms with Gasteiger partial charge in [0.2, 0.25) is 0 Å². The van der Waals surface area contributed by atoms with E-state index in [4.69, 9.17) is 15.7 Å². The largest absolute Gasteiger partial charge is 0.471 e. The summed E-state index contributed by atoms with van der Waals surface area (Å²) < 4.78 is 7.23. The number of nitrogen functional groups attached to an aromatic ring is 1. The maximum absolute atomic E-state index is 9.13. The van der Waals surface area contributed by atoms with Crippen molar-refractivity contribution >= 4 is 5.82 Å². The summed E-state index contributed by atoms with van der Waals surface area (Å²) in [5, 5.41) is 13.3. The van der Waals surface area contributed by atoms with Gasteiger partial charge in [-0.2, -0.15) is 5.26 Å². The van der Waals surface area contributed by atoms with Crippen molar-refractivity contribution < 1.29 is 4.74 Å². The Labute approximate surface area is 118 Å². The molecule has 0 atom stereocenters. The highest BCUT2D eigenvalue weighted by atomic mass is 16.5. The summed E-state index contributed by atoms with van der Waals surface area (Å²) in [6, 6.07) is 8.21. The predicted molar refractivity (Wildman–Crippen MR) is 77.3 cm³/mol. The second-order valence-electron chi connectivity index (χ2n) is 4.71. The van der Waals surface area contributed by atoms with Gasteiger partial charge in [-0.3, -0.25) is 0 Å². The van der Waals surface area contributed by atoms with Gasteiger partial charge in [-0.05, 0) is 31.9 Å². The standard InChI is InChI=1S/C15H18N4O/c1-4-19-14(17)13(8-16)15(18-19)20-9-12-6-5-10(2)7-11(12)3/h5-7H,4,9,17H2,1-3H3. The first kappa shape index (κ1) is 13.9. The first-order valence-corrected chi connectivity index (χ1v) is 6.52. The van der Waals surface area contributed by atoms with Gasteiger partial charge in [0, 0.05) is 6.54 Å². The zero-order valence-electron chi connectivity index (χ0n) is 12.0. The summed E-state index contributed by atoms with van der Waals surface area (Å²) in [7, 11) is 0. The molecule has 0 aliphatic rings. The van der Waals surface area contributed by atoms with E-state index >= 15 is 0 Å². The molecule has 104 valence electrons. The molecule has 2 rings (SSSR count). The Balaban J connectivity index is 2.21. The van der Waals surface area contributed by atoms with Crippen molar-refractivity contribution in [1.29, 1.82) is 5.26 Å². The lowest BCUT2D eigenvalue weighted by Crippen LogP contribution is -2.02. The van der Waals surface area contributed by atoms with Gasteiger partial charge in [0.05, 0.1) is 0 Å². The number of hydrogen-bond acceptors (Lipinski definition) is 4. The van der Waals surface area contributed by atoms with Crippen LogP contribution in [0, 0.1) is 25.2 Å². The van der Waals surface area contributed by atoms with Crippen LogP contribution in [0.3, 0.4) is 0 Å². The molecule has 0 aliphatic carbocycles. The van der Waals surface area contributed by atoms with E-state index in [1.807, 2.05) is 32.0 Å². The van der Waals surface area contributed by atoms with Gasteiger partial charge in [0.15, 0.2) is 5.56 Å². The first-order valence-electron chi connectivity index (χ1n) is 6.52. The lowest BCUT2D eigenvalue weighted by Gasteiger charge is -2.07. The van der Waals surface area contributed by atoms with Gasteiger partial charge in [-0.15, -0.1) is 5.10 Å². The smallest absolute Gasteiger partial charge is 0.253 e. The van der Waals surface area contributed by atoms with Crippen molar-refractivity contribution in [2.75, 3.05) is 5.73 Å². The molecule has 0 amide bonds. The lowest BCUT2D eigenvalue weighted by molar-refractivity contribution is 0.288. The molecule has 0 radical (unpaired) electrons. The number of aryl methyl sites for hydroxylation is 3. The van der Waals surface area contributed by atoms with E-state index in [9.17, 15) is 0 Å². The molecule has 1 aromatic carbocycles. The lowest BCUT2D eigenvalue weighted by atomic mass is 10.1. The molecule has 0 saturated heterocycles. The van der Waals surface area contributed by atoms with Gasteiger partial charge < -0.3 is 10.5 Å². The molecule has 2 N–H and O–H groups in total. The number of hydrogen-bond donors (Lipinski definition) is 1. The van der Waals surface area contributed by atoms with Crippen molar-refractivity contribution in [1.82, 2.24) is 9.78 Å². The quantitative estimate of drug-likeness (QED) is 0.926. The molecule has 2 aromatic rings. The highest BCUT2D eigenvalue weighted by molar-refractivity contribution is 5.55. The summed E-state index contributed by atoms with van der Waals surface area (Å²) in [5.41, 5.74) is 9.59. The average molecular weight is 270 g/mol. The zero-order valence-corrected chi connectivity index (χ0v) is 12.0. The van der Waals surface area contributed by atoms with Crippen molar-refractivity contribution in [3.63, 3.8) is 0 Å². The second-order valence-corrected chi connectivity index (χ2v) is 4.71. The number of nitriles is 1. The minimum absolute atomic E-state index is 0.298. The fraction of sp³-hybridized carbons (Fsp3) is 0.333. The van der Waals surface area contributed by atoms with E-state index in [1.54, 1.807) is 4.68 Å². The fourth-order valence-corrected chi connectivity index (χ4v) is 2.05. The molecule has 1 aromatic heterocycles. The van der Waals surface area contributed by atoms with Crippen molar-refractivity contribution in [2.24, 2.45) is 0 Å². The van der Waals surface area contributed by atoms with Crippen LogP contribution in [0.4, 0.5) is 5.82 Å². The number of nitrogens with two attached hydrogens (primary N) is 1. The molecule has 1 heterocycles. The maximum atomic E-state index is 9.13. The van der Waals surface area contributed by atoms with Crippen LogP contribution in [-0.4, -0.2) is 9.78 Å². The summed E-state index contributed by atoms with van der Waals surface area (Å²) in [6.07, 6.45) is 0. The van der Waals surface area contributed by atoms with Crippen molar-refractivity contribution in [3.8, 4) is 11.9 Å². The van der Waals surface area contributed by atoms with Crippen LogP contribution in [0.2, 0.25) is 0 Å². The molecule has 0 unspecified atom stereocenters. The Bertz CT molecular complexity index is 667. The zero-order chi connectivity index (χ0) is 14.7. The highest BCUT2D eigenvalue weighted by Gasteiger charge is 2.16. The molecule has 5 heteroatoms. The summed E-state index contributed by atoms with van der Waals surface area (Å²) in [6.45, 7) is 6.98. The maximum Gasteiger partial charge on any atom is 0.253 e. The van der Waals surface area contributed by atoms with Crippen LogP contribution in [-0.2, 0) is 13.2 Å². The van der Waals surface area contributed by atoms with E-state index in [1.165, 1.54) is 5.56 Å². The normalized spacial score (nSPS) is 10.3. The first-order chi connectivity index (χ1) is 9.56. The highest BCUT2D eigenvalue weighted by Crippen LogP contribution is 2.24. The minimum atomic E-state index is 0.298. The van der Waals surface area contributed by atoms with Gasteiger partial charge >= 0.3 is 0 Å². The monoisotopic (exact) mass is 270 g/mol. The number of ether oxygens (including phenoxy) is 1. The van der Waals surface area contributed by atoms with Crippen LogP contribution in [0.5, 0.6) is 5.88 Å². The molecule has 20 heavy (non-hydrogen) atoms. The van der Waals surface area contributed by atoms with Crippen LogP contribution in [0.15, 0.2) is 18.2 Å². The molecule has 0 spiro atoms. The molecule has 0 fully saturated rings. The Morgan fingerprint density at radius 2 is 2.15 bits per heavy atom. The van der Waals surface area contributed by atoms with Crippen molar-refractivity contribution in [2.45, 2.75) is 33.9 Å². The van der Waals surface area contributed by atoms with E-state index in [0.29, 0.717) is 30.4 Å². The third-order valence-electron chi connectivity index (χ3n) is 3.23. The van der Waals surface area contributed by atoms with Gasteiger partial charge in [0.1, 0.15) is 18.5 Å². The summed E-state index contributed by atoms with van der Waals surface area (Å²) in [5.74, 6) is 0.650. The van der Waals surface area contributed by atoms with Gasteiger partial charge in [-0.1, -0.05) is 23.8 Å². The van der Waals surface area contributed by atoms with E-state index in [2.05, 4.69) is 18.1 Å². The average Bonchev–Trinajstić information content (AvgIpc) is 2.73. The van der Waals surface area contributed by atoms with Crippen molar-refractivity contribution in [3.05, 3.63) is 40.5 Å². The summed E-state index contributed by atoms with van der Waals surface area (Å²) in [4.78, 5) is 0. The van der Waals surface area contributed by atoms with Gasteiger partial charge in [0.25, 0.3) is 5.88 Å². The number of anilines is 1. The third kappa shape index (κ3) is 2.59. The molecular formula is C15H18N4O. The number of rotatable bonds is 4. The SMILES string of the molecule is CCn1nc(OCc2ccc(C)cc2C)c(C#N)c1N. The Hall–Kier alpha value is -2.48. The number of benzene rings is 1. The molecule has 0 bridgehead atoms. The van der Waals surface area contributed by atoms with Crippen LogP contribution in [0.25, 0.3) is 0 Å². The Morgan fingerprint density at radius 3 is 2.75 bits per heavy atom. The van der Waals surface area contributed by atoms with E-state index in [-0.39, 0.29) is 0 Å². The minimum Gasteiger partial charge on any atom is -0.471 e. The number of aromatic nitrogens is 2. The Morgan fingerprint density at radius 1 is 1.40 bits per heavy atom. The van der Waals surface area contributed by atoms with E-state index in [0.717, 1.165) is 11.1 Å². The topological polar surface area (TPSA) is 76.9 Å². The Kier molecular flexibility index (Phi) is 3.94. The fourth-order valence-electron chi connectivity index (χ4n) is 2.05. The summed E-state index contributed by atoms with van der Waals surface area (Å²) >= 11 is 0. The van der Waals surface area contributed by atoms with Crippen LogP contribution >= 0.6 is 0 Å². The molecule has 5 nitrogen and oxygen atoms in total. The van der Waals surface area contributed by atoms with Gasteiger partial charge in [-0.25, -0.2) is 4.68 Å². The molecule has 0 saturated carbocycles. The molecular weight excluding hydrogens is 252 g/mol. The third-order valence-corrected chi connectivity index (χ3v) is 3.23. The van der Waals surface area contributed by atoms with Crippen LogP contribution < -0.4 is 10.5 Å². The predicted octanol–water partition coefficient (Wildman–Crippen LogP) is 2.55.